The number of rotatable bonds is 2. The molecular weight excluding hydrogens is 194 g/mol. The monoisotopic (exact) mass is 203 g/mol. The van der Waals surface area contributed by atoms with Crippen LogP contribution in [0.3, 0.4) is 0 Å². The van der Waals surface area contributed by atoms with E-state index in [4.69, 9.17) is 5.73 Å². The molecule has 0 fully saturated rings. The molecule has 76 valence electrons. The van der Waals surface area contributed by atoms with Gasteiger partial charge in [-0.15, -0.1) is 0 Å². The second kappa shape index (κ2) is 3.79. The molecule has 0 aromatic carbocycles. The first kappa shape index (κ1) is 9.20. The van der Waals surface area contributed by atoms with Crippen molar-refractivity contribution in [2.45, 2.75) is 0 Å². The molecule has 0 saturated carbocycles. The number of nitrogens with one attached hydrogen (secondary N) is 2. The van der Waals surface area contributed by atoms with Crippen molar-refractivity contribution in [2.75, 3.05) is 11.1 Å². The highest BCUT2D eigenvalue weighted by Crippen LogP contribution is 2.10. The Bertz CT molecular complexity index is 465. The van der Waals surface area contributed by atoms with Gasteiger partial charge in [-0.2, -0.15) is 0 Å². The van der Waals surface area contributed by atoms with Crippen LogP contribution >= 0.6 is 0 Å². The molecule has 2 aromatic heterocycles. The lowest BCUT2D eigenvalue weighted by atomic mass is 10.2. The maximum absolute atomic E-state index is 11.7. The van der Waals surface area contributed by atoms with Crippen LogP contribution in [0.1, 0.15) is 10.4 Å². The van der Waals surface area contributed by atoms with Gasteiger partial charge < -0.3 is 10.7 Å². The smallest absolute Gasteiger partial charge is 0.260 e. The Labute approximate surface area is 85.6 Å². The largest absolute Gasteiger partial charge is 0.397 e. The molecule has 0 radical (unpaired) electrons. The molecule has 0 aliphatic carbocycles. The Balaban J connectivity index is 2.19. The lowest BCUT2D eigenvalue weighted by Gasteiger charge is -2.03. The van der Waals surface area contributed by atoms with Crippen molar-refractivity contribution in [2.24, 2.45) is 0 Å². The van der Waals surface area contributed by atoms with E-state index in [1.165, 1.54) is 12.4 Å². The summed E-state index contributed by atoms with van der Waals surface area (Å²) >= 11 is 0. The molecule has 0 atom stereocenters. The van der Waals surface area contributed by atoms with E-state index < -0.39 is 0 Å². The maximum Gasteiger partial charge on any atom is 0.260 e. The lowest BCUT2D eigenvalue weighted by molar-refractivity contribution is 0.102. The summed E-state index contributed by atoms with van der Waals surface area (Å²) in [5, 5.41) is 2.57. The van der Waals surface area contributed by atoms with Crippen LogP contribution in [0.15, 0.2) is 30.9 Å². The third kappa shape index (κ3) is 1.93. The molecule has 0 aliphatic rings. The van der Waals surface area contributed by atoms with Gasteiger partial charge in [-0.05, 0) is 6.07 Å². The van der Waals surface area contributed by atoms with Crippen LogP contribution in [0.25, 0.3) is 0 Å². The Kier molecular flexibility index (Phi) is 2.32. The number of nitrogens with two attached hydrogens (primary N) is 1. The Morgan fingerprint density at radius 3 is 3.00 bits per heavy atom. The number of aromatic nitrogens is 3. The third-order valence-corrected chi connectivity index (χ3v) is 1.83. The fourth-order valence-electron chi connectivity index (χ4n) is 1.12. The molecule has 1 amide bonds. The Morgan fingerprint density at radius 1 is 1.47 bits per heavy atom. The standard InChI is InChI=1S/C9H9N5O/c10-7-5-11-2-1-6(7)8(15)14-9-12-3-4-13-9/h1-5H,10H2,(H2,12,13,14,15). The van der Waals surface area contributed by atoms with Crippen molar-refractivity contribution in [1.29, 1.82) is 0 Å². The second-order valence-corrected chi connectivity index (χ2v) is 2.85. The Hall–Kier alpha value is -2.37. The molecule has 0 unspecified atom stereocenters. The number of anilines is 2. The molecule has 0 aliphatic heterocycles. The van der Waals surface area contributed by atoms with Crippen LogP contribution < -0.4 is 11.1 Å². The number of carbonyl (C=O) groups is 1. The molecule has 15 heavy (non-hydrogen) atoms. The number of amides is 1. The van der Waals surface area contributed by atoms with Gasteiger partial charge in [0, 0.05) is 18.6 Å². The average molecular weight is 203 g/mol. The fourth-order valence-corrected chi connectivity index (χ4v) is 1.12. The fraction of sp³-hybridized carbons (Fsp3) is 0. The van der Waals surface area contributed by atoms with Crippen molar-refractivity contribution in [3.63, 3.8) is 0 Å². The van der Waals surface area contributed by atoms with Crippen molar-refractivity contribution in [3.05, 3.63) is 36.4 Å². The van der Waals surface area contributed by atoms with Gasteiger partial charge in [-0.25, -0.2) is 4.98 Å². The van der Waals surface area contributed by atoms with E-state index in [9.17, 15) is 4.79 Å². The summed E-state index contributed by atoms with van der Waals surface area (Å²) in [4.78, 5) is 22.1. The molecular formula is C9H9N5O. The zero-order chi connectivity index (χ0) is 10.7. The van der Waals surface area contributed by atoms with E-state index in [1.54, 1.807) is 18.5 Å². The summed E-state index contributed by atoms with van der Waals surface area (Å²) in [5.74, 6) is 0.0704. The average Bonchev–Trinajstić information content (AvgIpc) is 2.71. The summed E-state index contributed by atoms with van der Waals surface area (Å²) in [6, 6.07) is 1.55. The predicted octanol–water partition coefficient (Wildman–Crippen LogP) is 0.639. The maximum atomic E-state index is 11.7. The summed E-state index contributed by atoms with van der Waals surface area (Å²) in [7, 11) is 0. The lowest BCUT2D eigenvalue weighted by Crippen LogP contribution is -2.14. The second-order valence-electron chi connectivity index (χ2n) is 2.85. The summed E-state index contributed by atoms with van der Waals surface area (Å²) < 4.78 is 0. The number of hydrogen-bond donors (Lipinski definition) is 3. The quantitative estimate of drug-likeness (QED) is 0.667. The Morgan fingerprint density at radius 2 is 2.33 bits per heavy atom. The minimum absolute atomic E-state index is 0.315. The van der Waals surface area contributed by atoms with E-state index in [2.05, 4.69) is 20.3 Å². The predicted molar refractivity (Wildman–Crippen MR) is 55.2 cm³/mol. The molecule has 2 heterocycles. The summed E-state index contributed by atoms with van der Waals surface area (Å²) in [5.41, 5.74) is 6.31. The third-order valence-electron chi connectivity index (χ3n) is 1.83. The van der Waals surface area contributed by atoms with Crippen LogP contribution in [-0.2, 0) is 0 Å². The summed E-state index contributed by atoms with van der Waals surface area (Å²) in [6.07, 6.45) is 6.10. The molecule has 4 N–H and O–H groups in total. The van der Waals surface area contributed by atoms with Crippen LogP contribution in [0, 0.1) is 0 Å². The number of nitrogens with zero attached hydrogens (tertiary/aromatic N) is 2. The van der Waals surface area contributed by atoms with Gasteiger partial charge in [-0.1, -0.05) is 0 Å². The van der Waals surface area contributed by atoms with Gasteiger partial charge in [-0.3, -0.25) is 15.1 Å². The highest BCUT2D eigenvalue weighted by molar-refractivity contribution is 6.06. The van der Waals surface area contributed by atoms with Gasteiger partial charge in [0.15, 0.2) is 0 Å². The SMILES string of the molecule is Nc1cnccc1C(=O)Nc1ncc[nH]1. The number of aromatic amines is 1. The first-order chi connectivity index (χ1) is 7.27. The number of carbonyl (C=O) groups excluding carboxylic acids is 1. The van der Waals surface area contributed by atoms with Crippen molar-refractivity contribution >= 4 is 17.5 Å². The molecule has 0 saturated heterocycles. The van der Waals surface area contributed by atoms with Gasteiger partial charge >= 0.3 is 0 Å². The minimum atomic E-state index is -0.315. The number of imidazole rings is 1. The molecule has 0 spiro atoms. The first-order valence-corrected chi connectivity index (χ1v) is 4.27. The number of pyridine rings is 1. The van der Waals surface area contributed by atoms with Crippen LogP contribution in [-0.4, -0.2) is 20.9 Å². The topological polar surface area (TPSA) is 96.7 Å². The highest BCUT2D eigenvalue weighted by atomic mass is 16.1. The normalized spacial score (nSPS) is 9.87. The minimum Gasteiger partial charge on any atom is -0.397 e. The van der Waals surface area contributed by atoms with Crippen LogP contribution in [0.2, 0.25) is 0 Å². The molecule has 6 nitrogen and oxygen atoms in total. The van der Waals surface area contributed by atoms with Crippen molar-refractivity contribution < 1.29 is 4.79 Å². The van der Waals surface area contributed by atoms with Crippen LogP contribution in [0.4, 0.5) is 11.6 Å². The molecule has 6 heteroatoms. The van der Waals surface area contributed by atoms with Crippen molar-refractivity contribution in [3.8, 4) is 0 Å². The van der Waals surface area contributed by atoms with Crippen LogP contribution in [0.5, 0.6) is 0 Å². The van der Waals surface area contributed by atoms with E-state index in [0.29, 0.717) is 17.2 Å². The van der Waals surface area contributed by atoms with Gasteiger partial charge in [0.25, 0.3) is 5.91 Å². The van der Waals surface area contributed by atoms with Gasteiger partial charge in [0.1, 0.15) is 0 Å². The zero-order valence-corrected chi connectivity index (χ0v) is 7.77. The number of hydrogen-bond acceptors (Lipinski definition) is 4. The van der Waals surface area contributed by atoms with Crippen molar-refractivity contribution in [1.82, 2.24) is 15.0 Å². The van der Waals surface area contributed by atoms with E-state index >= 15 is 0 Å². The van der Waals surface area contributed by atoms with Gasteiger partial charge in [0.05, 0.1) is 17.4 Å². The van der Waals surface area contributed by atoms with E-state index in [-0.39, 0.29) is 5.91 Å². The first-order valence-electron chi connectivity index (χ1n) is 4.27. The highest BCUT2D eigenvalue weighted by Gasteiger charge is 2.09. The van der Waals surface area contributed by atoms with E-state index in [1.807, 2.05) is 0 Å². The van der Waals surface area contributed by atoms with Gasteiger partial charge in [0.2, 0.25) is 5.95 Å². The number of nitrogen functional groups attached to an aromatic ring is 1. The van der Waals surface area contributed by atoms with E-state index in [0.717, 1.165) is 0 Å². The number of H-pyrrole nitrogens is 1. The molecule has 2 aromatic rings. The summed E-state index contributed by atoms with van der Waals surface area (Å²) in [6.45, 7) is 0. The zero-order valence-electron chi connectivity index (χ0n) is 7.77. The molecule has 2 rings (SSSR count). The molecule has 0 bridgehead atoms.